The molecule has 1 aromatic carbocycles. The Morgan fingerprint density at radius 1 is 1.45 bits per heavy atom. The summed E-state index contributed by atoms with van der Waals surface area (Å²) in [5, 5.41) is 8.16. The highest BCUT2D eigenvalue weighted by atomic mass is 35.5. The molecule has 7 nitrogen and oxygen atoms in total. The number of aromatic amines is 1. The van der Waals surface area contributed by atoms with Gasteiger partial charge in [-0.1, -0.05) is 12.1 Å². The summed E-state index contributed by atoms with van der Waals surface area (Å²) in [7, 11) is 1.45. The molecule has 22 heavy (non-hydrogen) atoms. The van der Waals surface area contributed by atoms with Gasteiger partial charge in [-0.15, -0.1) is 12.4 Å². The number of ether oxygens (including phenoxy) is 1. The lowest BCUT2D eigenvalue weighted by molar-refractivity contribution is 0.0864. The maximum absolute atomic E-state index is 12.1. The molecule has 0 aliphatic carbocycles. The number of carbonyl (C=O) groups excluding carboxylic acids is 1. The zero-order valence-corrected chi connectivity index (χ0v) is 13.1. The van der Waals surface area contributed by atoms with E-state index in [0.29, 0.717) is 24.6 Å². The van der Waals surface area contributed by atoms with E-state index in [0.717, 1.165) is 22.2 Å². The van der Waals surface area contributed by atoms with Crippen molar-refractivity contribution in [2.45, 2.75) is 6.42 Å². The molecule has 0 radical (unpaired) electrons. The highest BCUT2D eigenvalue weighted by molar-refractivity contribution is 6.06. The lowest BCUT2D eigenvalue weighted by Crippen LogP contribution is -2.38. The Balaban J connectivity index is 0.00000242. The number of halogens is 1. The molecule has 0 aliphatic rings. The van der Waals surface area contributed by atoms with Crippen molar-refractivity contribution in [2.24, 2.45) is 11.5 Å². The number of carbonyl (C=O) groups is 1. The third kappa shape index (κ3) is 3.69. The number of H-pyrrole nitrogens is 1. The van der Waals surface area contributed by atoms with Crippen molar-refractivity contribution < 1.29 is 9.53 Å². The van der Waals surface area contributed by atoms with E-state index in [1.54, 1.807) is 6.07 Å². The van der Waals surface area contributed by atoms with Crippen LogP contribution in [0.25, 0.3) is 10.9 Å². The van der Waals surface area contributed by atoms with E-state index in [4.69, 9.17) is 21.6 Å². The topological polar surface area (TPSA) is 121 Å². The first-order valence-electron chi connectivity index (χ1n) is 6.61. The first-order chi connectivity index (χ1) is 10.0. The van der Waals surface area contributed by atoms with Gasteiger partial charge in [0.2, 0.25) is 0 Å². The summed E-state index contributed by atoms with van der Waals surface area (Å²) in [5.74, 6) is -0.00448. The molecule has 1 heterocycles. The second kappa shape index (κ2) is 7.67. The van der Waals surface area contributed by atoms with Crippen molar-refractivity contribution >= 4 is 35.2 Å². The molecular weight excluding hydrogens is 306 g/mol. The third-order valence-corrected chi connectivity index (χ3v) is 3.12. The SMILES string of the molecule is CN(C(=N)N)C(=O)c1cc2cccc(OCCCN)c2[nH]1.Cl. The molecule has 0 unspecified atom stereocenters. The molecule has 0 bridgehead atoms. The van der Waals surface area contributed by atoms with Crippen LogP contribution in [0.15, 0.2) is 24.3 Å². The number of nitrogens with one attached hydrogen (secondary N) is 2. The Labute approximate surface area is 134 Å². The van der Waals surface area contributed by atoms with Gasteiger partial charge in [-0.2, -0.15) is 0 Å². The number of aromatic nitrogens is 1. The van der Waals surface area contributed by atoms with Gasteiger partial charge in [-0.25, -0.2) is 0 Å². The molecule has 0 saturated carbocycles. The van der Waals surface area contributed by atoms with Crippen molar-refractivity contribution in [3.05, 3.63) is 30.0 Å². The van der Waals surface area contributed by atoms with Crippen LogP contribution in [0, 0.1) is 5.41 Å². The van der Waals surface area contributed by atoms with E-state index < -0.39 is 0 Å². The van der Waals surface area contributed by atoms with Gasteiger partial charge in [0.1, 0.15) is 11.4 Å². The summed E-state index contributed by atoms with van der Waals surface area (Å²) in [4.78, 5) is 16.2. The molecule has 0 spiro atoms. The first kappa shape index (κ1) is 17.8. The quantitative estimate of drug-likeness (QED) is 0.376. The van der Waals surface area contributed by atoms with Gasteiger partial charge in [0.25, 0.3) is 5.91 Å². The van der Waals surface area contributed by atoms with Crippen LogP contribution in [0.1, 0.15) is 16.9 Å². The third-order valence-electron chi connectivity index (χ3n) is 3.12. The van der Waals surface area contributed by atoms with Crippen LogP contribution in [-0.4, -0.2) is 41.9 Å². The van der Waals surface area contributed by atoms with Gasteiger partial charge >= 0.3 is 0 Å². The van der Waals surface area contributed by atoms with Crippen molar-refractivity contribution in [2.75, 3.05) is 20.2 Å². The molecule has 0 saturated heterocycles. The molecule has 0 fully saturated rings. The maximum atomic E-state index is 12.1. The van der Waals surface area contributed by atoms with Crippen LogP contribution in [0.4, 0.5) is 0 Å². The second-order valence-corrected chi connectivity index (χ2v) is 4.64. The number of nitrogens with two attached hydrogens (primary N) is 2. The molecule has 1 aromatic heterocycles. The largest absolute Gasteiger partial charge is 0.491 e. The normalized spacial score (nSPS) is 10.1. The Hall–Kier alpha value is -2.25. The Kier molecular flexibility index (Phi) is 6.21. The van der Waals surface area contributed by atoms with E-state index in [9.17, 15) is 4.79 Å². The summed E-state index contributed by atoms with van der Waals surface area (Å²) >= 11 is 0. The van der Waals surface area contributed by atoms with Crippen LogP contribution in [0.3, 0.4) is 0 Å². The first-order valence-corrected chi connectivity index (χ1v) is 6.61. The summed E-state index contributed by atoms with van der Waals surface area (Å²) in [5.41, 5.74) is 11.9. The van der Waals surface area contributed by atoms with Crippen LogP contribution in [-0.2, 0) is 0 Å². The van der Waals surface area contributed by atoms with Crippen LogP contribution >= 0.6 is 12.4 Å². The standard InChI is InChI=1S/C14H19N5O2.ClH/c1-19(14(16)17)13(20)10-8-9-4-2-5-11(12(9)18-10)21-7-3-6-15;/h2,4-5,8,18H,3,6-7,15H2,1H3,(H3,16,17);1H. The molecular formula is C14H20ClN5O2. The molecule has 0 atom stereocenters. The average Bonchev–Trinajstić information content (AvgIpc) is 2.90. The Morgan fingerprint density at radius 2 is 2.18 bits per heavy atom. The molecule has 1 amide bonds. The monoisotopic (exact) mass is 325 g/mol. The predicted molar refractivity (Wildman–Crippen MR) is 88.7 cm³/mol. The lowest BCUT2D eigenvalue weighted by atomic mass is 10.2. The minimum absolute atomic E-state index is 0. The highest BCUT2D eigenvalue weighted by Gasteiger charge is 2.17. The van der Waals surface area contributed by atoms with E-state index in [2.05, 4.69) is 4.98 Å². The fraction of sp³-hybridized carbons (Fsp3) is 0.286. The molecule has 8 heteroatoms. The number of hydrogen-bond donors (Lipinski definition) is 4. The van der Waals surface area contributed by atoms with Crippen molar-refractivity contribution in [1.82, 2.24) is 9.88 Å². The van der Waals surface area contributed by atoms with Crippen LogP contribution < -0.4 is 16.2 Å². The summed E-state index contributed by atoms with van der Waals surface area (Å²) in [6.07, 6.45) is 0.760. The minimum Gasteiger partial charge on any atom is -0.491 e. The number of fused-ring (bicyclic) bond motifs is 1. The number of rotatable bonds is 5. The zero-order chi connectivity index (χ0) is 15.4. The molecule has 120 valence electrons. The fourth-order valence-corrected chi connectivity index (χ4v) is 1.92. The average molecular weight is 326 g/mol. The molecule has 6 N–H and O–H groups in total. The number of amides is 1. The van der Waals surface area contributed by atoms with Gasteiger partial charge in [0.05, 0.1) is 12.1 Å². The van der Waals surface area contributed by atoms with Crippen molar-refractivity contribution in [3.8, 4) is 5.75 Å². The van der Waals surface area contributed by atoms with Gasteiger partial charge in [0.15, 0.2) is 5.96 Å². The van der Waals surface area contributed by atoms with E-state index in [1.807, 2.05) is 18.2 Å². The smallest absolute Gasteiger partial charge is 0.276 e. The van der Waals surface area contributed by atoms with Crippen molar-refractivity contribution in [3.63, 3.8) is 0 Å². The Bertz CT molecular complexity index is 670. The predicted octanol–water partition coefficient (Wildman–Crippen LogP) is 1.28. The highest BCUT2D eigenvalue weighted by Crippen LogP contribution is 2.26. The number of nitrogens with zero attached hydrogens (tertiary/aromatic N) is 1. The van der Waals surface area contributed by atoms with E-state index in [-0.39, 0.29) is 24.3 Å². The molecule has 2 aromatic rings. The summed E-state index contributed by atoms with van der Waals surface area (Å²) in [6, 6.07) is 7.29. The fourth-order valence-electron chi connectivity index (χ4n) is 1.92. The summed E-state index contributed by atoms with van der Waals surface area (Å²) in [6.45, 7) is 1.08. The maximum Gasteiger partial charge on any atom is 0.276 e. The summed E-state index contributed by atoms with van der Waals surface area (Å²) < 4.78 is 5.66. The van der Waals surface area contributed by atoms with Gasteiger partial charge < -0.3 is 21.2 Å². The minimum atomic E-state index is -0.369. The number of benzene rings is 1. The van der Waals surface area contributed by atoms with Crippen molar-refractivity contribution in [1.29, 1.82) is 5.41 Å². The van der Waals surface area contributed by atoms with Gasteiger partial charge in [0, 0.05) is 12.4 Å². The lowest BCUT2D eigenvalue weighted by Gasteiger charge is -2.12. The number of guanidine groups is 1. The van der Waals surface area contributed by atoms with Crippen LogP contribution in [0.2, 0.25) is 0 Å². The van der Waals surface area contributed by atoms with Crippen LogP contribution in [0.5, 0.6) is 5.75 Å². The second-order valence-electron chi connectivity index (χ2n) is 4.64. The Morgan fingerprint density at radius 3 is 2.82 bits per heavy atom. The van der Waals surface area contributed by atoms with E-state index >= 15 is 0 Å². The number of para-hydroxylation sites is 1. The van der Waals surface area contributed by atoms with Gasteiger partial charge in [-0.05, 0) is 25.1 Å². The molecule has 2 rings (SSSR count). The van der Waals surface area contributed by atoms with Gasteiger partial charge in [-0.3, -0.25) is 15.1 Å². The zero-order valence-electron chi connectivity index (χ0n) is 12.3. The van der Waals surface area contributed by atoms with E-state index in [1.165, 1.54) is 7.05 Å². The molecule has 0 aliphatic heterocycles. The number of hydrogen-bond acceptors (Lipinski definition) is 4.